The molecule has 98 valence electrons. The van der Waals surface area contributed by atoms with E-state index >= 15 is 0 Å². The van der Waals surface area contributed by atoms with Crippen LogP contribution < -0.4 is 4.74 Å². The monoisotopic (exact) mass is 262 g/mol. The molecule has 0 aromatic heterocycles. The first kappa shape index (κ1) is 14.2. The fourth-order valence-corrected chi connectivity index (χ4v) is 1.40. The van der Waals surface area contributed by atoms with Gasteiger partial charge in [-0.3, -0.25) is 10.1 Å². The molecule has 0 bridgehead atoms. The van der Waals surface area contributed by atoms with Gasteiger partial charge in [-0.2, -0.15) is 5.26 Å². The minimum absolute atomic E-state index is 0.0806. The van der Waals surface area contributed by atoms with Crippen molar-refractivity contribution in [2.45, 2.75) is 6.42 Å². The Balaban J connectivity index is 3.37. The van der Waals surface area contributed by atoms with Gasteiger partial charge in [-0.25, -0.2) is 4.79 Å². The van der Waals surface area contributed by atoms with Crippen molar-refractivity contribution < 1.29 is 19.6 Å². The molecule has 1 N–H and O–H groups in total. The van der Waals surface area contributed by atoms with Crippen molar-refractivity contribution in [2.75, 3.05) is 7.11 Å². The molecule has 0 unspecified atom stereocenters. The van der Waals surface area contributed by atoms with E-state index in [1.54, 1.807) is 6.07 Å². The summed E-state index contributed by atoms with van der Waals surface area (Å²) in [5, 5.41) is 28.3. The van der Waals surface area contributed by atoms with Crippen LogP contribution in [0.15, 0.2) is 23.8 Å². The molecule has 0 aliphatic carbocycles. The Morgan fingerprint density at radius 2 is 2.32 bits per heavy atom. The molecule has 0 fully saturated rings. The third-order valence-electron chi connectivity index (χ3n) is 2.31. The Labute approximate surface area is 108 Å². The van der Waals surface area contributed by atoms with Crippen LogP contribution in [0.2, 0.25) is 0 Å². The number of rotatable bonds is 5. The van der Waals surface area contributed by atoms with E-state index in [0.29, 0.717) is 5.75 Å². The number of carboxylic acids is 1. The first-order chi connectivity index (χ1) is 8.99. The van der Waals surface area contributed by atoms with Gasteiger partial charge >= 0.3 is 5.97 Å². The Kier molecular flexibility index (Phi) is 4.60. The van der Waals surface area contributed by atoms with E-state index in [-0.39, 0.29) is 23.2 Å². The van der Waals surface area contributed by atoms with E-state index in [1.807, 2.05) is 0 Å². The zero-order valence-corrected chi connectivity index (χ0v) is 9.99. The Morgan fingerprint density at radius 3 is 2.79 bits per heavy atom. The minimum Gasteiger partial charge on any atom is -0.497 e. The van der Waals surface area contributed by atoms with Gasteiger partial charge in [-0.1, -0.05) is 0 Å². The number of nitriles is 1. The van der Waals surface area contributed by atoms with Gasteiger partial charge in [0.15, 0.2) is 0 Å². The summed E-state index contributed by atoms with van der Waals surface area (Å²) in [6, 6.07) is 5.66. The van der Waals surface area contributed by atoms with Crippen LogP contribution in [0.5, 0.6) is 5.75 Å². The largest absolute Gasteiger partial charge is 0.497 e. The first-order valence-electron chi connectivity index (χ1n) is 5.12. The number of carboxylic acid groups (broad SMARTS) is 1. The fourth-order valence-electron chi connectivity index (χ4n) is 1.40. The number of hydrogen-bond acceptors (Lipinski definition) is 5. The van der Waals surface area contributed by atoms with Crippen LogP contribution in [0.4, 0.5) is 5.69 Å². The Morgan fingerprint density at radius 1 is 1.63 bits per heavy atom. The summed E-state index contributed by atoms with van der Waals surface area (Å²) in [7, 11) is 1.39. The van der Waals surface area contributed by atoms with Crippen molar-refractivity contribution >= 4 is 17.7 Å². The van der Waals surface area contributed by atoms with Crippen LogP contribution in [0, 0.1) is 21.4 Å². The zero-order chi connectivity index (χ0) is 14.4. The van der Waals surface area contributed by atoms with Crippen LogP contribution in [0.1, 0.15) is 12.0 Å². The minimum atomic E-state index is -1.29. The highest BCUT2D eigenvalue weighted by atomic mass is 16.6. The summed E-state index contributed by atoms with van der Waals surface area (Å²) in [5.74, 6) is -0.933. The molecule has 0 aliphatic rings. The standard InChI is InChI=1S/C12H10N2O5/c1-19-10-2-3-11(14(17)18)9(7-10)6-8(4-5-13)12(15)16/h2-3,6-7H,4H2,1H3,(H,15,16). The van der Waals surface area contributed by atoms with Gasteiger partial charge in [0.2, 0.25) is 0 Å². The summed E-state index contributed by atoms with van der Waals surface area (Å²) in [4.78, 5) is 21.1. The number of aliphatic carboxylic acids is 1. The maximum Gasteiger partial charge on any atom is 0.332 e. The lowest BCUT2D eigenvalue weighted by molar-refractivity contribution is -0.385. The smallest absolute Gasteiger partial charge is 0.332 e. The summed E-state index contributed by atoms with van der Waals surface area (Å²) < 4.78 is 4.93. The number of methoxy groups -OCH3 is 1. The molecule has 1 aromatic carbocycles. The number of benzene rings is 1. The van der Waals surface area contributed by atoms with Crippen LogP contribution in [-0.4, -0.2) is 23.1 Å². The predicted molar refractivity (Wildman–Crippen MR) is 65.5 cm³/mol. The number of ether oxygens (including phenoxy) is 1. The lowest BCUT2D eigenvalue weighted by Gasteiger charge is -2.03. The van der Waals surface area contributed by atoms with E-state index in [1.165, 1.54) is 25.3 Å². The van der Waals surface area contributed by atoms with Gasteiger partial charge in [0, 0.05) is 6.07 Å². The molecule has 0 spiro atoms. The molecule has 0 amide bonds. The van der Waals surface area contributed by atoms with Crippen molar-refractivity contribution in [2.24, 2.45) is 0 Å². The molecule has 0 aliphatic heterocycles. The first-order valence-corrected chi connectivity index (χ1v) is 5.12. The molecule has 19 heavy (non-hydrogen) atoms. The zero-order valence-electron chi connectivity index (χ0n) is 9.99. The highest BCUT2D eigenvalue weighted by Crippen LogP contribution is 2.26. The maximum atomic E-state index is 10.9. The molecule has 7 heteroatoms. The molecular weight excluding hydrogens is 252 g/mol. The molecule has 1 aromatic rings. The molecule has 7 nitrogen and oxygen atoms in total. The molecule has 0 heterocycles. The van der Waals surface area contributed by atoms with Crippen molar-refractivity contribution in [1.29, 1.82) is 5.26 Å². The summed E-state index contributed by atoms with van der Waals surface area (Å²) in [5.41, 5.74) is -0.395. The van der Waals surface area contributed by atoms with Crippen molar-refractivity contribution in [3.05, 3.63) is 39.4 Å². The molecule has 0 saturated heterocycles. The Bertz CT molecular complexity index is 586. The van der Waals surface area contributed by atoms with Gasteiger partial charge in [0.05, 0.1) is 35.7 Å². The SMILES string of the molecule is COc1ccc([N+](=O)[O-])c(C=C(CC#N)C(=O)O)c1. The van der Waals surface area contributed by atoms with Crippen molar-refractivity contribution in [3.63, 3.8) is 0 Å². The van der Waals surface area contributed by atoms with Crippen LogP contribution in [-0.2, 0) is 4.79 Å². The number of nitro benzene ring substituents is 1. The third-order valence-corrected chi connectivity index (χ3v) is 2.31. The summed E-state index contributed by atoms with van der Waals surface area (Å²) in [6.45, 7) is 0. The average molecular weight is 262 g/mol. The van der Waals surface area contributed by atoms with E-state index < -0.39 is 10.9 Å². The van der Waals surface area contributed by atoms with Gasteiger partial charge < -0.3 is 9.84 Å². The second-order valence-corrected chi connectivity index (χ2v) is 3.49. The van der Waals surface area contributed by atoms with E-state index in [0.717, 1.165) is 6.08 Å². The predicted octanol–water partition coefficient (Wildman–Crippen LogP) is 1.99. The lowest BCUT2D eigenvalue weighted by atomic mass is 10.1. The number of nitro groups is 1. The topological polar surface area (TPSA) is 113 Å². The average Bonchev–Trinajstić information content (AvgIpc) is 2.37. The van der Waals surface area contributed by atoms with Crippen LogP contribution >= 0.6 is 0 Å². The fraction of sp³-hybridized carbons (Fsp3) is 0.167. The summed E-state index contributed by atoms with van der Waals surface area (Å²) >= 11 is 0. The normalized spacial score (nSPS) is 10.6. The van der Waals surface area contributed by atoms with Crippen LogP contribution in [0.3, 0.4) is 0 Å². The van der Waals surface area contributed by atoms with Gasteiger partial charge in [0.25, 0.3) is 5.69 Å². The number of nitrogens with zero attached hydrogens (tertiary/aromatic N) is 2. The quantitative estimate of drug-likeness (QED) is 0.493. The van der Waals surface area contributed by atoms with Crippen LogP contribution in [0.25, 0.3) is 6.08 Å². The second-order valence-electron chi connectivity index (χ2n) is 3.49. The highest BCUT2D eigenvalue weighted by molar-refractivity contribution is 5.93. The number of hydrogen-bond donors (Lipinski definition) is 1. The van der Waals surface area contributed by atoms with Crippen molar-refractivity contribution in [1.82, 2.24) is 0 Å². The van der Waals surface area contributed by atoms with Gasteiger partial charge in [0.1, 0.15) is 5.75 Å². The second kappa shape index (κ2) is 6.16. The van der Waals surface area contributed by atoms with Gasteiger partial charge in [-0.15, -0.1) is 0 Å². The molecule has 0 saturated carbocycles. The molecule has 0 atom stereocenters. The lowest BCUT2D eigenvalue weighted by Crippen LogP contribution is -2.00. The molecule has 1 rings (SSSR count). The highest BCUT2D eigenvalue weighted by Gasteiger charge is 2.15. The van der Waals surface area contributed by atoms with E-state index in [9.17, 15) is 14.9 Å². The number of carbonyl (C=O) groups is 1. The van der Waals surface area contributed by atoms with Crippen molar-refractivity contribution in [3.8, 4) is 11.8 Å². The van der Waals surface area contributed by atoms with E-state index in [4.69, 9.17) is 15.1 Å². The third kappa shape index (κ3) is 3.54. The Hall–Kier alpha value is -2.88. The summed E-state index contributed by atoms with van der Waals surface area (Å²) in [6.07, 6.45) is 0.760. The van der Waals surface area contributed by atoms with Gasteiger partial charge in [-0.05, 0) is 18.2 Å². The molecular formula is C12H10N2O5. The van der Waals surface area contributed by atoms with E-state index in [2.05, 4.69) is 0 Å². The maximum absolute atomic E-state index is 10.9. The molecule has 0 radical (unpaired) electrons.